The number of nitro groups is 1. The number of rotatable bonds is 8. The summed E-state index contributed by atoms with van der Waals surface area (Å²) in [5, 5.41) is 14.2. The van der Waals surface area contributed by atoms with E-state index in [1.165, 1.54) is 0 Å². The highest BCUT2D eigenvalue weighted by Gasteiger charge is 2.17. The lowest BCUT2D eigenvalue weighted by Gasteiger charge is -2.21. The van der Waals surface area contributed by atoms with Gasteiger partial charge in [-0.3, -0.25) is 10.1 Å². The predicted octanol–water partition coefficient (Wildman–Crippen LogP) is 2.02. The number of anilines is 1. The van der Waals surface area contributed by atoms with Crippen LogP contribution in [-0.4, -0.2) is 55.5 Å². The van der Waals surface area contributed by atoms with Gasteiger partial charge in [-0.15, -0.1) is 0 Å². The van der Waals surface area contributed by atoms with Crippen molar-refractivity contribution in [1.29, 1.82) is 0 Å². The zero-order chi connectivity index (χ0) is 15.1. The third-order valence-electron chi connectivity index (χ3n) is 3.05. The number of hydrogen-bond donors (Lipinski definition) is 1. The van der Waals surface area contributed by atoms with Crippen molar-refractivity contribution >= 4 is 11.4 Å². The second kappa shape index (κ2) is 7.81. The summed E-state index contributed by atoms with van der Waals surface area (Å²) in [7, 11) is 6.09. The van der Waals surface area contributed by atoms with Gasteiger partial charge in [-0.2, -0.15) is 0 Å². The maximum Gasteiger partial charge on any atom is 0.292 e. The summed E-state index contributed by atoms with van der Waals surface area (Å²) in [5.41, 5.74) is 1.74. The van der Waals surface area contributed by atoms with E-state index in [4.69, 9.17) is 0 Å². The highest BCUT2D eigenvalue weighted by Crippen LogP contribution is 2.28. The number of likely N-dealkylation sites (N-methyl/N-ethyl adjacent to an activating group) is 2. The van der Waals surface area contributed by atoms with Gasteiger partial charge < -0.3 is 15.1 Å². The van der Waals surface area contributed by atoms with Gasteiger partial charge in [0.05, 0.1) is 4.92 Å². The molecule has 0 atom stereocenters. The monoisotopic (exact) mass is 280 g/mol. The lowest BCUT2D eigenvalue weighted by atomic mass is 10.1. The summed E-state index contributed by atoms with van der Waals surface area (Å²) in [6, 6.07) is 5.23. The first-order valence-corrected chi connectivity index (χ1v) is 6.79. The Morgan fingerprint density at radius 3 is 2.50 bits per heavy atom. The first-order valence-electron chi connectivity index (χ1n) is 6.79. The first-order chi connectivity index (χ1) is 9.45. The van der Waals surface area contributed by atoms with Gasteiger partial charge in [0.25, 0.3) is 5.69 Å². The van der Waals surface area contributed by atoms with E-state index >= 15 is 0 Å². The molecule has 0 aliphatic heterocycles. The van der Waals surface area contributed by atoms with E-state index in [9.17, 15) is 10.1 Å². The quantitative estimate of drug-likeness (QED) is 0.583. The number of benzene rings is 1. The molecule has 0 spiro atoms. The molecular formula is C14H24N4O2. The highest BCUT2D eigenvalue weighted by atomic mass is 16.6. The Bertz CT molecular complexity index is 449. The number of nitro benzene ring substituents is 1. The topological polar surface area (TPSA) is 61.6 Å². The molecule has 6 nitrogen and oxygen atoms in total. The van der Waals surface area contributed by atoms with Gasteiger partial charge in [-0.05, 0) is 33.6 Å². The van der Waals surface area contributed by atoms with Crippen LogP contribution in [0, 0.1) is 10.1 Å². The molecule has 1 aromatic rings. The molecule has 1 N–H and O–H groups in total. The van der Waals surface area contributed by atoms with Crippen molar-refractivity contribution in [3.8, 4) is 0 Å². The van der Waals surface area contributed by atoms with Crippen molar-refractivity contribution < 1.29 is 4.92 Å². The van der Waals surface area contributed by atoms with Crippen molar-refractivity contribution in [2.24, 2.45) is 0 Å². The average molecular weight is 280 g/mol. The van der Waals surface area contributed by atoms with Crippen LogP contribution in [0.4, 0.5) is 11.4 Å². The summed E-state index contributed by atoms with van der Waals surface area (Å²) in [4.78, 5) is 15.0. The molecule has 0 bridgehead atoms. The molecule has 0 unspecified atom stereocenters. The van der Waals surface area contributed by atoms with Gasteiger partial charge >= 0.3 is 0 Å². The zero-order valence-corrected chi connectivity index (χ0v) is 12.7. The highest BCUT2D eigenvalue weighted by molar-refractivity contribution is 5.66. The Kier molecular flexibility index (Phi) is 6.41. The normalized spacial score (nSPS) is 11.1. The van der Waals surface area contributed by atoms with Crippen LogP contribution in [0.25, 0.3) is 0 Å². The predicted molar refractivity (Wildman–Crippen MR) is 82.1 cm³/mol. The molecule has 0 amide bonds. The maximum absolute atomic E-state index is 11.1. The average Bonchev–Trinajstić information content (AvgIpc) is 2.38. The molecule has 6 heteroatoms. The Morgan fingerprint density at radius 2 is 1.95 bits per heavy atom. The third kappa shape index (κ3) is 4.79. The number of nitrogens with zero attached hydrogens (tertiary/aromatic N) is 3. The third-order valence-corrected chi connectivity index (χ3v) is 3.05. The van der Waals surface area contributed by atoms with Gasteiger partial charge in [-0.25, -0.2) is 0 Å². The van der Waals surface area contributed by atoms with Crippen LogP contribution in [0.2, 0.25) is 0 Å². The van der Waals surface area contributed by atoms with Gasteiger partial charge in [0, 0.05) is 32.2 Å². The molecular weight excluding hydrogens is 256 g/mol. The Labute approximate surface area is 120 Å². The van der Waals surface area contributed by atoms with Gasteiger partial charge in [0.1, 0.15) is 5.69 Å². The molecule has 0 fully saturated rings. The SMILES string of the molecule is CCNc1c(CN(C)CCN(C)C)cccc1[N+](=O)[O-]. The zero-order valence-electron chi connectivity index (χ0n) is 12.7. The molecule has 0 aliphatic carbocycles. The summed E-state index contributed by atoms with van der Waals surface area (Å²) < 4.78 is 0. The minimum Gasteiger partial charge on any atom is -0.380 e. The summed E-state index contributed by atoms with van der Waals surface area (Å²) in [6.45, 7) is 5.18. The van der Waals surface area contributed by atoms with Crippen LogP contribution in [0.1, 0.15) is 12.5 Å². The minimum absolute atomic E-state index is 0.144. The van der Waals surface area contributed by atoms with Crippen molar-refractivity contribution in [2.75, 3.05) is 46.1 Å². The van der Waals surface area contributed by atoms with E-state index in [2.05, 4.69) is 15.1 Å². The van der Waals surface area contributed by atoms with E-state index in [1.807, 2.05) is 34.1 Å². The summed E-state index contributed by atoms with van der Waals surface area (Å²) in [6.07, 6.45) is 0. The van der Waals surface area contributed by atoms with Crippen LogP contribution >= 0.6 is 0 Å². The molecule has 112 valence electrons. The fourth-order valence-corrected chi connectivity index (χ4v) is 1.99. The van der Waals surface area contributed by atoms with E-state index < -0.39 is 0 Å². The molecule has 0 saturated heterocycles. The van der Waals surface area contributed by atoms with E-state index in [0.29, 0.717) is 18.8 Å². The van der Waals surface area contributed by atoms with Crippen molar-refractivity contribution in [3.05, 3.63) is 33.9 Å². The molecule has 1 aromatic carbocycles. The molecule has 0 radical (unpaired) electrons. The van der Waals surface area contributed by atoms with Crippen LogP contribution in [-0.2, 0) is 6.54 Å². The van der Waals surface area contributed by atoms with E-state index in [-0.39, 0.29) is 10.6 Å². The van der Waals surface area contributed by atoms with Crippen LogP contribution in [0.3, 0.4) is 0 Å². The number of hydrogen-bond acceptors (Lipinski definition) is 5. The smallest absolute Gasteiger partial charge is 0.292 e. The summed E-state index contributed by atoms with van der Waals surface area (Å²) in [5.74, 6) is 0. The maximum atomic E-state index is 11.1. The second-order valence-electron chi connectivity index (χ2n) is 5.14. The van der Waals surface area contributed by atoms with Crippen molar-refractivity contribution in [2.45, 2.75) is 13.5 Å². The summed E-state index contributed by atoms with van der Waals surface area (Å²) >= 11 is 0. The number of nitrogens with one attached hydrogen (secondary N) is 1. The van der Waals surface area contributed by atoms with Gasteiger partial charge in [-0.1, -0.05) is 12.1 Å². The molecule has 0 aromatic heterocycles. The molecule has 0 saturated carbocycles. The van der Waals surface area contributed by atoms with Gasteiger partial charge in [0.2, 0.25) is 0 Å². The molecule has 0 heterocycles. The Morgan fingerprint density at radius 1 is 1.25 bits per heavy atom. The molecule has 0 aliphatic rings. The lowest BCUT2D eigenvalue weighted by molar-refractivity contribution is -0.384. The second-order valence-corrected chi connectivity index (χ2v) is 5.14. The Hall–Kier alpha value is -1.66. The lowest BCUT2D eigenvalue weighted by Crippen LogP contribution is -2.28. The fourth-order valence-electron chi connectivity index (χ4n) is 1.99. The largest absolute Gasteiger partial charge is 0.380 e. The van der Waals surface area contributed by atoms with E-state index in [0.717, 1.165) is 18.7 Å². The standard InChI is InChI=1S/C14H24N4O2/c1-5-15-14-12(7-6-8-13(14)18(19)20)11-17(4)10-9-16(2)3/h6-8,15H,5,9-11H2,1-4H3. The van der Waals surface area contributed by atoms with Crippen molar-refractivity contribution in [3.63, 3.8) is 0 Å². The minimum atomic E-state index is -0.332. The molecule has 1 rings (SSSR count). The first kappa shape index (κ1) is 16.4. The number of para-hydroxylation sites is 1. The van der Waals surface area contributed by atoms with Crippen LogP contribution in [0.15, 0.2) is 18.2 Å². The molecule has 20 heavy (non-hydrogen) atoms. The van der Waals surface area contributed by atoms with Gasteiger partial charge in [0.15, 0.2) is 0 Å². The van der Waals surface area contributed by atoms with E-state index in [1.54, 1.807) is 12.1 Å². The Balaban J connectivity index is 2.88. The fraction of sp³-hybridized carbons (Fsp3) is 0.571. The van der Waals surface area contributed by atoms with Crippen LogP contribution in [0.5, 0.6) is 0 Å². The van der Waals surface area contributed by atoms with Crippen LogP contribution < -0.4 is 5.32 Å². The van der Waals surface area contributed by atoms with Crippen molar-refractivity contribution in [1.82, 2.24) is 9.80 Å².